The van der Waals surface area contributed by atoms with E-state index in [2.05, 4.69) is 59.6 Å². The van der Waals surface area contributed by atoms with E-state index in [0.29, 0.717) is 12.2 Å². The zero-order valence-corrected chi connectivity index (χ0v) is 17.8. The van der Waals surface area contributed by atoms with Crippen molar-refractivity contribution in [3.8, 4) is 23.3 Å². The van der Waals surface area contributed by atoms with Gasteiger partial charge in [-0.3, -0.25) is 0 Å². The summed E-state index contributed by atoms with van der Waals surface area (Å²) < 4.78 is 0. The van der Waals surface area contributed by atoms with Crippen molar-refractivity contribution in [1.82, 2.24) is 4.90 Å². The molecule has 0 aliphatic carbocycles. The van der Waals surface area contributed by atoms with Crippen LogP contribution in [0.2, 0.25) is 0 Å². The van der Waals surface area contributed by atoms with E-state index in [9.17, 15) is 10.5 Å². The molecule has 1 unspecified atom stereocenters. The van der Waals surface area contributed by atoms with Crippen LogP contribution in [0.5, 0.6) is 0 Å². The van der Waals surface area contributed by atoms with E-state index in [1.54, 1.807) is 0 Å². The first kappa shape index (κ1) is 20.8. The lowest BCUT2D eigenvalue weighted by Gasteiger charge is -2.34. The molecule has 3 aromatic rings. The number of benzene rings is 3. The third kappa shape index (κ3) is 4.21. The Morgan fingerprint density at radius 3 is 1.97 bits per heavy atom. The Hall–Kier alpha value is -4.41. The van der Waals surface area contributed by atoms with Gasteiger partial charge in [0.15, 0.2) is 11.4 Å². The molecule has 0 radical (unpaired) electrons. The molecule has 4 heteroatoms. The number of likely N-dealkylation sites (N-methyl/N-ethyl adjacent to an activating group) is 1. The summed E-state index contributed by atoms with van der Waals surface area (Å²) >= 11 is 0. The van der Waals surface area contributed by atoms with Crippen molar-refractivity contribution < 1.29 is 0 Å². The van der Waals surface area contributed by atoms with Crippen molar-refractivity contribution in [1.29, 1.82) is 10.5 Å². The standard InChI is InChI=1S/C28H22N4/c1-2-32-26(18-15-21-13-16-23(17-14-21)22-9-5-3-6-10-22)28(24-11-7-4-8-12-24)31-25(19-29)27(32)20-30/h3-18,26H,2H2,1H3/b18-15+. The Balaban J connectivity index is 1.69. The number of rotatable bonds is 5. The molecule has 1 heterocycles. The summed E-state index contributed by atoms with van der Waals surface area (Å²) in [6.07, 6.45) is 4.10. The van der Waals surface area contributed by atoms with Gasteiger partial charge >= 0.3 is 0 Å². The topological polar surface area (TPSA) is 63.2 Å². The molecule has 4 rings (SSSR count). The number of allylic oxidation sites excluding steroid dienone is 2. The van der Waals surface area contributed by atoms with Gasteiger partial charge in [0, 0.05) is 6.54 Å². The highest BCUT2D eigenvalue weighted by Gasteiger charge is 2.30. The minimum Gasteiger partial charge on any atom is -0.349 e. The molecule has 4 nitrogen and oxygen atoms in total. The summed E-state index contributed by atoms with van der Waals surface area (Å²) in [5, 5.41) is 19.3. The lowest BCUT2D eigenvalue weighted by molar-refractivity contribution is 0.366. The molecule has 0 saturated heterocycles. The van der Waals surface area contributed by atoms with Gasteiger partial charge in [-0.1, -0.05) is 97.1 Å². The minimum absolute atomic E-state index is 0.157. The summed E-state index contributed by atoms with van der Waals surface area (Å²) in [5.41, 5.74) is 5.56. The fourth-order valence-corrected chi connectivity index (χ4v) is 3.87. The maximum absolute atomic E-state index is 9.70. The number of aliphatic imine (C=N–C) groups is 1. The summed E-state index contributed by atoms with van der Waals surface area (Å²) in [4.78, 5) is 6.52. The van der Waals surface area contributed by atoms with Crippen LogP contribution in [0.15, 0.2) is 107 Å². The van der Waals surface area contributed by atoms with Gasteiger partial charge in [0.1, 0.15) is 12.1 Å². The van der Waals surface area contributed by atoms with Crippen molar-refractivity contribution in [3.05, 3.63) is 114 Å². The fraction of sp³-hybridized carbons (Fsp3) is 0.107. The van der Waals surface area contributed by atoms with E-state index < -0.39 is 0 Å². The van der Waals surface area contributed by atoms with Crippen LogP contribution in [0.1, 0.15) is 18.1 Å². The highest BCUT2D eigenvalue weighted by atomic mass is 15.2. The van der Waals surface area contributed by atoms with Gasteiger partial charge in [0.2, 0.25) is 0 Å². The van der Waals surface area contributed by atoms with Crippen molar-refractivity contribution in [2.75, 3.05) is 6.54 Å². The normalized spacial score (nSPS) is 15.9. The maximum Gasteiger partial charge on any atom is 0.175 e. The average molecular weight is 415 g/mol. The van der Waals surface area contributed by atoms with E-state index in [1.807, 2.05) is 66.4 Å². The van der Waals surface area contributed by atoms with Gasteiger partial charge in [0.25, 0.3) is 0 Å². The number of hydrogen-bond donors (Lipinski definition) is 0. The Labute approximate surface area is 188 Å². The summed E-state index contributed by atoms with van der Waals surface area (Å²) in [6.45, 7) is 2.57. The SMILES string of the molecule is CCN1C(C#N)=C(C#N)N=C(c2ccccc2)C1/C=C/c1ccc(-c2ccccc2)cc1. The molecular weight excluding hydrogens is 392 g/mol. The molecule has 0 amide bonds. The Bertz CT molecular complexity index is 1260. The maximum atomic E-state index is 9.70. The Morgan fingerprint density at radius 2 is 1.41 bits per heavy atom. The minimum atomic E-state index is -0.247. The second-order valence-corrected chi connectivity index (χ2v) is 7.36. The van der Waals surface area contributed by atoms with Crippen LogP contribution < -0.4 is 0 Å². The monoisotopic (exact) mass is 414 g/mol. The van der Waals surface area contributed by atoms with Gasteiger partial charge in [-0.05, 0) is 29.2 Å². The van der Waals surface area contributed by atoms with Crippen molar-refractivity contribution in [2.24, 2.45) is 4.99 Å². The van der Waals surface area contributed by atoms with Crippen LogP contribution in [-0.2, 0) is 0 Å². The zero-order valence-electron chi connectivity index (χ0n) is 17.8. The largest absolute Gasteiger partial charge is 0.349 e. The highest BCUT2D eigenvalue weighted by Crippen LogP contribution is 2.26. The summed E-state index contributed by atoms with van der Waals surface area (Å²) in [6, 6.07) is 32.5. The highest BCUT2D eigenvalue weighted by molar-refractivity contribution is 6.07. The quantitative estimate of drug-likeness (QED) is 0.528. The van der Waals surface area contributed by atoms with Gasteiger partial charge in [-0.2, -0.15) is 10.5 Å². The molecule has 32 heavy (non-hydrogen) atoms. The molecule has 154 valence electrons. The van der Waals surface area contributed by atoms with E-state index >= 15 is 0 Å². The van der Waals surface area contributed by atoms with E-state index in [1.165, 1.54) is 5.56 Å². The number of hydrogen-bond acceptors (Lipinski definition) is 4. The molecule has 0 spiro atoms. The smallest absolute Gasteiger partial charge is 0.175 e. The average Bonchev–Trinajstić information content (AvgIpc) is 2.87. The van der Waals surface area contributed by atoms with Crippen LogP contribution in [-0.4, -0.2) is 23.2 Å². The zero-order chi connectivity index (χ0) is 22.3. The second kappa shape index (κ2) is 9.60. The molecule has 0 bridgehead atoms. The predicted molar refractivity (Wildman–Crippen MR) is 128 cm³/mol. The van der Waals surface area contributed by atoms with Gasteiger partial charge in [0.05, 0.1) is 11.8 Å². The van der Waals surface area contributed by atoms with Crippen molar-refractivity contribution in [3.63, 3.8) is 0 Å². The van der Waals surface area contributed by atoms with Crippen LogP contribution in [0.3, 0.4) is 0 Å². The van der Waals surface area contributed by atoms with E-state index in [4.69, 9.17) is 0 Å². The molecule has 3 aromatic carbocycles. The van der Waals surface area contributed by atoms with Crippen molar-refractivity contribution >= 4 is 11.8 Å². The molecule has 1 aliphatic rings. The first-order chi connectivity index (χ1) is 15.7. The summed E-state index contributed by atoms with van der Waals surface area (Å²) in [5.74, 6) is 0. The third-order valence-corrected chi connectivity index (χ3v) is 5.47. The third-order valence-electron chi connectivity index (χ3n) is 5.47. The Morgan fingerprint density at radius 1 is 0.812 bits per heavy atom. The molecule has 0 fully saturated rings. The molecular formula is C28H22N4. The van der Waals surface area contributed by atoms with Gasteiger partial charge < -0.3 is 4.90 Å². The van der Waals surface area contributed by atoms with Crippen molar-refractivity contribution in [2.45, 2.75) is 13.0 Å². The van der Waals surface area contributed by atoms with E-state index in [-0.39, 0.29) is 11.7 Å². The lowest BCUT2D eigenvalue weighted by atomic mass is 9.97. The first-order valence-electron chi connectivity index (χ1n) is 10.5. The first-order valence-corrected chi connectivity index (χ1v) is 10.5. The number of nitriles is 2. The van der Waals surface area contributed by atoms with E-state index in [0.717, 1.165) is 22.4 Å². The summed E-state index contributed by atoms with van der Waals surface area (Å²) in [7, 11) is 0. The van der Waals surface area contributed by atoms with Gasteiger partial charge in [-0.25, -0.2) is 4.99 Å². The lowest BCUT2D eigenvalue weighted by Crippen LogP contribution is -2.42. The van der Waals surface area contributed by atoms with Gasteiger partial charge in [-0.15, -0.1) is 0 Å². The van der Waals surface area contributed by atoms with Crippen LogP contribution >= 0.6 is 0 Å². The molecule has 0 saturated carbocycles. The predicted octanol–water partition coefficient (Wildman–Crippen LogP) is 5.82. The molecule has 1 aliphatic heterocycles. The molecule has 1 atom stereocenters. The number of nitrogens with zero attached hydrogens (tertiary/aromatic N) is 4. The van der Waals surface area contributed by atoms with Crippen LogP contribution in [0, 0.1) is 22.7 Å². The fourth-order valence-electron chi connectivity index (χ4n) is 3.87. The molecule has 0 N–H and O–H groups in total. The Kier molecular flexibility index (Phi) is 6.25. The van der Waals surface area contributed by atoms with Crippen LogP contribution in [0.25, 0.3) is 17.2 Å². The van der Waals surface area contributed by atoms with Crippen LogP contribution in [0.4, 0.5) is 0 Å². The second-order valence-electron chi connectivity index (χ2n) is 7.36. The molecule has 0 aromatic heterocycles.